The van der Waals surface area contributed by atoms with E-state index < -0.39 is 0 Å². The molecule has 3 atom stereocenters. The largest absolute Gasteiger partial charge is 0.394 e. The molecule has 0 aromatic rings. The summed E-state index contributed by atoms with van der Waals surface area (Å²) in [7, 11) is 0. The molecule has 1 amide bonds. The van der Waals surface area contributed by atoms with Gasteiger partial charge in [0.1, 0.15) is 5.70 Å². The van der Waals surface area contributed by atoms with Crippen LogP contribution in [-0.2, 0) is 9.59 Å². The molecule has 120 valence electrons. The lowest BCUT2D eigenvalue weighted by molar-refractivity contribution is -0.128. The summed E-state index contributed by atoms with van der Waals surface area (Å²) < 4.78 is 0. The van der Waals surface area contributed by atoms with E-state index in [0.717, 1.165) is 43.6 Å². The normalized spacial score (nSPS) is 34.5. The van der Waals surface area contributed by atoms with E-state index in [1.54, 1.807) is 0 Å². The lowest BCUT2D eigenvalue weighted by atomic mass is 10.0. The Kier molecular flexibility index (Phi) is 4.06. The Morgan fingerprint density at radius 3 is 2.59 bits per heavy atom. The minimum Gasteiger partial charge on any atom is -0.394 e. The number of nitrogens with zero attached hydrogens (tertiary/aromatic N) is 2. The van der Waals surface area contributed by atoms with E-state index in [0.29, 0.717) is 23.5 Å². The van der Waals surface area contributed by atoms with Gasteiger partial charge in [0.25, 0.3) is 5.91 Å². The number of fused-ring (bicyclic) bond motifs is 1. The zero-order valence-electron chi connectivity index (χ0n) is 13.5. The third kappa shape index (κ3) is 2.69. The number of carbonyl (C=O) groups is 2. The average molecular weight is 303 g/mol. The van der Waals surface area contributed by atoms with E-state index in [4.69, 9.17) is 5.73 Å². The molecule has 2 aliphatic carbocycles. The van der Waals surface area contributed by atoms with Gasteiger partial charge in [0.15, 0.2) is 5.78 Å². The third-order valence-electron chi connectivity index (χ3n) is 5.29. The monoisotopic (exact) mass is 303 g/mol. The number of Topliss-reactive ketones (excluding diaryl/α,β-unsaturated/α-hetero) is 1. The number of allylic oxidation sites excluding steroid dienone is 1. The first-order valence-electron chi connectivity index (χ1n) is 8.32. The summed E-state index contributed by atoms with van der Waals surface area (Å²) in [6.07, 6.45) is 4.17. The highest BCUT2D eigenvalue weighted by atomic mass is 16.2. The molecule has 3 rings (SSSR count). The predicted octanol–water partition coefficient (Wildman–Crippen LogP) is 1.53. The van der Waals surface area contributed by atoms with Crippen LogP contribution >= 0.6 is 0 Å². The fraction of sp³-hybridized carbons (Fsp3) is 0.706. The number of rotatable bonds is 3. The third-order valence-corrected chi connectivity index (χ3v) is 5.29. The van der Waals surface area contributed by atoms with Crippen LogP contribution < -0.4 is 5.73 Å². The minimum absolute atomic E-state index is 0.0371. The molecule has 3 aliphatic rings. The number of hydrogen-bond acceptors (Lipinski definition) is 4. The van der Waals surface area contributed by atoms with E-state index in [1.165, 1.54) is 13.3 Å². The Morgan fingerprint density at radius 2 is 1.95 bits per heavy atom. The lowest BCUT2D eigenvalue weighted by Crippen LogP contribution is -2.39. The summed E-state index contributed by atoms with van der Waals surface area (Å²) in [4.78, 5) is 30.1. The molecule has 0 bridgehead atoms. The standard InChI is InChI=1S/C17H25N3O2/c1-10(21)9-19-13-8-12-11(2)14(12)15(13)16(18)17(22)20-6-4-3-5-7-20/h11-12,14H,3-9,18H2,1-2H3/b16-15+,19-13?/t11-,12?,14?/m1/s1. The Hall–Kier alpha value is -1.65. The van der Waals surface area contributed by atoms with Gasteiger partial charge in [-0.1, -0.05) is 6.92 Å². The van der Waals surface area contributed by atoms with Gasteiger partial charge in [-0.25, -0.2) is 0 Å². The first-order chi connectivity index (χ1) is 10.5. The van der Waals surface area contributed by atoms with Crippen LogP contribution in [0.3, 0.4) is 0 Å². The Labute approximate surface area is 131 Å². The molecular weight excluding hydrogens is 278 g/mol. The van der Waals surface area contributed by atoms with Gasteiger partial charge in [-0.05, 0) is 50.4 Å². The summed E-state index contributed by atoms with van der Waals surface area (Å²) in [5.41, 5.74) is 8.46. The van der Waals surface area contributed by atoms with Crippen molar-refractivity contribution >= 4 is 17.4 Å². The second-order valence-corrected chi connectivity index (χ2v) is 6.90. The van der Waals surface area contributed by atoms with Gasteiger partial charge in [0.2, 0.25) is 0 Å². The van der Waals surface area contributed by atoms with E-state index >= 15 is 0 Å². The van der Waals surface area contributed by atoms with Crippen LogP contribution in [-0.4, -0.2) is 41.9 Å². The van der Waals surface area contributed by atoms with Crippen molar-refractivity contribution in [2.45, 2.75) is 39.5 Å². The van der Waals surface area contributed by atoms with Gasteiger partial charge in [-0.3, -0.25) is 14.6 Å². The van der Waals surface area contributed by atoms with Crippen molar-refractivity contribution in [2.24, 2.45) is 28.5 Å². The number of ketones is 1. The SMILES string of the molecule is CC(=O)CN=C1CC2C(/C1=C(/N)C(=O)N1CCCCC1)[C@@H]2C. The van der Waals surface area contributed by atoms with Gasteiger partial charge in [-0.15, -0.1) is 0 Å². The number of carbonyl (C=O) groups excluding carboxylic acids is 2. The minimum atomic E-state index is -0.0371. The van der Waals surface area contributed by atoms with Crippen molar-refractivity contribution in [1.29, 1.82) is 0 Å². The zero-order chi connectivity index (χ0) is 15.9. The van der Waals surface area contributed by atoms with E-state index in [2.05, 4.69) is 11.9 Å². The average Bonchev–Trinajstić information content (AvgIpc) is 2.98. The first-order valence-corrected chi connectivity index (χ1v) is 8.32. The molecule has 5 heteroatoms. The van der Waals surface area contributed by atoms with Crippen LogP contribution in [0.4, 0.5) is 0 Å². The molecule has 0 aromatic heterocycles. The fourth-order valence-corrected chi connectivity index (χ4v) is 3.94. The Balaban J connectivity index is 1.85. The van der Waals surface area contributed by atoms with Crippen molar-refractivity contribution in [3.63, 3.8) is 0 Å². The molecule has 0 spiro atoms. The molecule has 3 fully saturated rings. The van der Waals surface area contributed by atoms with Crippen LogP contribution in [0, 0.1) is 17.8 Å². The summed E-state index contributed by atoms with van der Waals surface area (Å²) in [6.45, 7) is 5.54. The van der Waals surface area contributed by atoms with Crippen molar-refractivity contribution in [2.75, 3.05) is 19.6 Å². The van der Waals surface area contributed by atoms with E-state index in [-0.39, 0.29) is 18.2 Å². The number of piperidine rings is 1. The Morgan fingerprint density at radius 1 is 1.27 bits per heavy atom. The first kappa shape index (κ1) is 15.3. The molecule has 0 radical (unpaired) electrons. The van der Waals surface area contributed by atoms with Gasteiger partial charge in [-0.2, -0.15) is 0 Å². The van der Waals surface area contributed by atoms with Gasteiger partial charge < -0.3 is 10.6 Å². The number of aliphatic imine (C=N–C) groups is 1. The molecule has 2 N–H and O–H groups in total. The number of hydrogen-bond donors (Lipinski definition) is 1. The summed E-state index contributed by atoms with van der Waals surface area (Å²) in [6, 6.07) is 0. The summed E-state index contributed by atoms with van der Waals surface area (Å²) >= 11 is 0. The smallest absolute Gasteiger partial charge is 0.270 e. The fourth-order valence-electron chi connectivity index (χ4n) is 3.94. The van der Waals surface area contributed by atoms with E-state index in [9.17, 15) is 9.59 Å². The maximum atomic E-state index is 12.7. The van der Waals surface area contributed by atoms with Gasteiger partial charge >= 0.3 is 0 Å². The topological polar surface area (TPSA) is 75.8 Å². The highest BCUT2D eigenvalue weighted by Crippen LogP contribution is 2.59. The summed E-state index contributed by atoms with van der Waals surface area (Å²) in [5.74, 6) is 1.53. The molecule has 5 nitrogen and oxygen atoms in total. The van der Waals surface area contributed by atoms with Gasteiger partial charge in [0.05, 0.1) is 6.54 Å². The zero-order valence-corrected chi connectivity index (χ0v) is 13.5. The van der Waals surface area contributed by atoms with Crippen LogP contribution in [0.15, 0.2) is 16.3 Å². The Bertz CT molecular complexity index is 558. The molecule has 1 aliphatic heterocycles. The van der Waals surface area contributed by atoms with Crippen LogP contribution in [0.1, 0.15) is 39.5 Å². The number of likely N-dealkylation sites (tertiary alicyclic amines) is 1. The van der Waals surface area contributed by atoms with Crippen LogP contribution in [0.5, 0.6) is 0 Å². The van der Waals surface area contributed by atoms with Gasteiger partial charge in [0, 0.05) is 24.4 Å². The van der Waals surface area contributed by atoms with E-state index in [1.807, 2.05) is 4.90 Å². The maximum absolute atomic E-state index is 12.7. The second-order valence-electron chi connectivity index (χ2n) is 6.90. The molecule has 2 saturated carbocycles. The predicted molar refractivity (Wildman–Crippen MR) is 85.4 cm³/mol. The molecule has 1 heterocycles. The molecular formula is C17H25N3O2. The molecule has 1 saturated heterocycles. The van der Waals surface area contributed by atoms with Crippen molar-refractivity contribution in [3.8, 4) is 0 Å². The van der Waals surface area contributed by atoms with Crippen LogP contribution in [0.25, 0.3) is 0 Å². The van der Waals surface area contributed by atoms with Crippen LogP contribution in [0.2, 0.25) is 0 Å². The molecule has 2 unspecified atom stereocenters. The second kappa shape index (κ2) is 5.86. The van der Waals surface area contributed by atoms with Crippen molar-refractivity contribution in [1.82, 2.24) is 4.90 Å². The highest BCUT2D eigenvalue weighted by Gasteiger charge is 2.56. The molecule has 22 heavy (non-hydrogen) atoms. The number of nitrogens with two attached hydrogens (primary N) is 1. The molecule has 0 aromatic carbocycles. The summed E-state index contributed by atoms with van der Waals surface area (Å²) in [5, 5.41) is 0. The lowest BCUT2D eigenvalue weighted by Gasteiger charge is -2.27. The quantitative estimate of drug-likeness (QED) is 0.803. The highest BCUT2D eigenvalue weighted by molar-refractivity contribution is 6.11. The van der Waals surface area contributed by atoms with Crippen molar-refractivity contribution in [3.05, 3.63) is 11.3 Å². The maximum Gasteiger partial charge on any atom is 0.270 e. The van der Waals surface area contributed by atoms with Crippen molar-refractivity contribution < 1.29 is 9.59 Å². The number of amides is 1.